The van der Waals surface area contributed by atoms with E-state index < -0.39 is 0 Å². The molecule has 1 aromatic carbocycles. The fourth-order valence-corrected chi connectivity index (χ4v) is 3.61. The summed E-state index contributed by atoms with van der Waals surface area (Å²) >= 11 is 0. The number of amides is 1. The molecule has 1 amide bonds. The zero-order chi connectivity index (χ0) is 18.6. The van der Waals surface area contributed by atoms with Crippen LogP contribution >= 0.6 is 0 Å². The Bertz CT molecular complexity index is 764. The van der Waals surface area contributed by atoms with Gasteiger partial charge in [0.25, 0.3) is 0 Å². The fourth-order valence-electron chi connectivity index (χ4n) is 3.61. The summed E-state index contributed by atoms with van der Waals surface area (Å²) in [5.74, 6) is 2.18. The van der Waals surface area contributed by atoms with Crippen LogP contribution in [-0.4, -0.2) is 39.8 Å². The van der Waals surface area contributed by atoms with E-state index >= 15 is 0 Å². The van der Waals surface area contributed by atoms with Crippen LogP contribution in [0.3, 0.4) is 0 Å². The maximum absolute atomic E-state index is 12.5. The van der Waals surface area contributed by atoms with Crippen molar-refractivity contribution < 1.29 is 4.79 Å². The van der Waals surface area contributed by atoms with Crippen LogP contribution in [-0.2, 0) is 24.2 Å². The van der Waals surface area contributed by atoms with Crippen molar-refractivity contribution in [3.05, 3.63) is 47.5 Å². The summed E-state index contributed by atoms with van der Waals surface area (Å²) in [5.41, 5.74) is 7.62. The Balaban J connectivity index is 1.47. The molecule has 7 heteroatoms. The maximum Gasteiger partial charge on any atom is 0.242 e. The molecule has 4 N–H and O–H groups in total. The molecule has 7 nitrogen and oxygen atoms in total. The normalized spacial score (nSPS) is 20.6. The topological polar surface area (TPSA) is 97.9 Å². The fraction of sp³-hybridized carbons (Fsp3) is 0.550. The summed E-state index contributed by atoms with van der Waals surface area (Å²) in [6.07, 6.45) is 5.02. The van der Waals surface area contributed by atoms with Crippen molar-refractivity contribution in [1.29, 1.82) is 0 Å². The number of hydrogen-bond donors (Lipinski definition) is 3. The van der Waals surface area contributed by atoms with Gasteiger partial charge in [0.15, 0.2) is 5.82 Å². The second-order valence-corrected chi connectivity index (χ2v) is 7.74. The van der Waals surface area contributed by atoms with Gasteiger partial charge in [0.05, 0.1) is 6.04 Å². The molecule has 0 spiro atoms. The second kappa shape index (κ2) is 8.19. The van der Waals surface area contributed by atoms with E-state index in [-0.39, 0.29) is 24.5 Å². The van der Waals surface area contributed by atoms with E-state index in [2.05, 4.69) is 27.9 Å². The van der Waals surface area contributed by atoms with Gasteiger partial charge >= 0.3 is 0 Å². The first-order chi connectivity index (χ1) is 13.2. The molecule has 1 aromatic heterocycles. The minimum absolute atomic E-state index is 0.0280. The first-order valence-electron chi connectivity index (χ1n) is 9.90. The zero-order valence-electron chi connectivity index (χ0n) is 15.6. The Morgan fingerprint density at radius 2 is 2.11 bits per heavy atom. The number of rotatable bonds is 8. The van der Waals surface area contributed by atoms with Gasteiger partial charge in [-0.1, -0.05) is 30.3 Å². The molecule has 2 aromatic rings. The molecule has 1 saturated heterocycles. The minimum Gasteiger partial charge on any atom is -0.350 e. The second-order valence-electron chi connectivity index (χ2n) is 7.74. The molecular weight excluding hydrogens is 340 g/mol. The van der Waals surface area contributed by atoms with Crippen LogP contribution in [0.2, 0.25) is 0 Å². The van der Waals surface area contributed by atoms with Crippen molar-refractivity contribution in [1.82, 2.24) is 25.4 Å². The largest absolute Gasteiger partial charge is 0.350 e. The quantitative estimate of drug-likeness (QED) is 0.644. The Labute approximate surface area is 159 Å². The molecule has 2 atom stereocenters. The van der Waals surface area contributed by atoms with Crippen LogP contribution in [0.1, 0.15) is 42.5 Å². The highest BCUT2D eigenvalue weighted by atomic mass is 16.2. The molecule has 2 aliphatic rings. The summed E-state index contributed by atoms with van der Waals surface area (Å²) in [6.45, 7) is 1.95. The van der Waals surface area contributed by atoms with Crippen LogP contribution in [0.5, 0.6) is 0 Å². The van der Waals surface area contributed by atoms with Gasteiger partial charge in [-0.15, -0.1) is 0 Å². The van der Waals surface area contributed by atoms with Gasteiger partial charge in [-0.3, -0.25) is 4.79 Å². The average Bonchev–Trinajstić information content (AvgIpc) is 3.14. The van der Waals surface area contributed by atoms with Crippen molar-refractivity contribution in [2.75, 3.05) is 13.1 Å². The lowest BCUT2D eigenvalue weighted by Crippen LogP contribution is -2.39. The van der Waals surface area contributed by atoms with Gasteiger partial charge in [-0.05, 0) is 43.7 Å². The minimum atomic E-state index is -0.284. The molecule has 0 bridgehead atoms. The monoisotopic (exact) mass is 368 g/mol. The van der Waals surface area contributed by atoms with E-state index in [0.29, 0.717) is 18.2 Å². The van der Waals surface area contributed by atoms with Gasteiger partial charge in [-0.25, -0.2) is 9.67 Å². The smallest absolute Gasteiger partial charge is 0.242 e. The number of nitrogens with one attached hydrogen (secondary N) is 2. The predicted molar refractivity (Wildman–Crippen MR) is 103 cm³/mol. The van der Waals surface area contributed by atoms with E-state index in [1.807, 2.05) is 18.2 Å². The lowest BCUT2D eigenvalue weighted by atomic mass is 10.1. The third-order valence-corrected chi connectivity index (χ3v) is 5.26. The summed E-state index contributed by atoms with van der Waals surface area (Å²) in [6, 6.07) is 10.1. The molecular formula is C20H28N6O. The van der Waals surface area contributed by atoms with E-state index in [1.165, 1.54) is 12.8 Å². The first-order valence-corrected chi connectivity index (χ1v) is 9.90. The van der Waals surface area contributed by atoms with Crippen LogP contribution in [0.15, 0.2) is 30.3 Å². The summed E-state index contributed by atoms with van der Waals surface area (Å²) in [4.78, 5) is 17.2. The SMILES string of the molecule is NC(Cc1ccccc1)c1nc(CC2CC2)nn1CC(=O)NC1CCNC1. The van der Waals surface area contributed by atoms with Crippen molar-refractivity contribution >= 4 is 5.91 Å². The van der Waals surface area contributed by atoms with Gasteiger partial charge < -0.3 is 16.4 Å². The summed E-state index contributed by atoms with van der Waals surface area (Å²) in [7, 11) is 0. The molecule has 4 rings (SSSR count). The third kappa shape index (κ3) is 4.93. The number of carbonyl (C=O) groups excluding carboxylic acids is 1. The van der Waals surface area contributed by atoms with Crippen molar-refractivity contribution in [3.63, 3.8) is 0 Å². The van der Waals surface area contributed by atoms with Gasteiger partial charge in [-0.2, -0.15) is 5.10 Å². The first kappa shape index (κ1) is 18.1. The average molecular weight is 368 g/mol. The molecule has 144 valence electrons. The molecule has 1 saturated carbocycles. The number of hydrogen-bond acceptors (Lipinski definition) is 5. The molecule has 2 heterocycles. The lowest BCUT2D eigenvalue weighted by Gasteiger charge is -2.14. The van der Waals surface area contributed by atoms with Crippen LogP contribution < -0.4 is 16.4 Å². The molecule has 1 aliphatic heterocycles. The van der Waals surface area contributed by atoms with Crippen LogP contribution in [0.25, 0.3) is 0 Å². The number of aromatic nitrogens is 3. The molecule has 2 fully saturated rings. The number of nitrogens with zero attached hydrogens (tertiary/aromatic N) is 3. The van der Waals surface area contributed by atoms with Gasteiger partial charge in [0, 0.05) is 19.0 Å². The van der Waals surface area contributed by atoms with Gasteiger partial charge in [0.1, 0.15) is 12.4 Å². The highest BCUT2D eigenvalue weighted by Gasteiger charge is 2.26. The Morgan fingerprint density at radius 3 is 2.81 bits per heavy atom. The third-order valence-electron chi connectivity index (χ3n) is 5.26. The molecule has 0 radical (unpaired) electrons. The molecule has 27 heavy (non-hydrogen) atoms. The maximum atomic E-state index is 12.5. The Kier molecular flexibility index (Phi) is 5.50. The van der Waals surface area contributed by atoms with Crippen molar-refractivity contribution in [2.24, 2.45) is 11.7 Å². The van der Waals surface area contributed by atoms with E-state index in [9.17, 15) is 4.79 Å². The highest BCUT2D eigenvalue weighted by molar-refractivity contribution is 5.76. The predicted octanol–water partition coefficient (Wildman–Crippen LogP) is 0.951. The molecule has 2 unspecified atom stereocenters. The summed E-state index contributed by atoms with van der Waals surface area (Å²) < 4.78 is 1.71. The van der Waals surface area contributed by atoms with Crippen LogP contribution in [0, 0.1) is 5.92 Å². The van der Waals surface area contributed by atoms with Crippen molar-refractivity contribution in [3.8, 4) is 0 Å². The van der Waals surface area contributed by atoms with Crippen LogP contribution in [0.4, 0.5) is 0 Å². The lowest BCUT2D eigenvalue weighted by molar-refractivity contribution is -0.122. The van der Waals surface area contributed by atoms with E-state index in [1.54, 1.807) is 4.68 Å². The van der Waals surface area contributed by atoms with E-state index in [4.69, 9.17) is 10.7 Å². The summed E-state index contributed by atoms with van der Waals surface area (Å²) in [5, 5.41) is 11.0. The number of nitrogens with two attached hydrogens (primary N) is 1. The van der Waals surface area contributed by atoms with Crippen molar-refractivity contribution in [2.45, 2.75) is 50.7 Å². The van der Waals surface area contributed by atoms with E-state index in [0.717, 1.165) is 37.3 Å². The highest BCUT2D eigenvalue weighted by Crippen LogP contribution is 2.32. The zero-order valence-corrected chi connectivity index (χ0v) is 15.6. The molecule has 1 aliphatic carbocycles. The Morgan fingerprint density at radius 1 is 1.30 bits per heavy atom. The number of benzene rings is 1. The van der Waals surface area contributed by atoms with Gasteiger partial charge in [0.2, 0.25) is 5.91 Å². The Hall–Kier alpha value is -2.25. The standard InChI is InChI=1S/C20H28N6O/c21-17(10-14-4-2-1-3-5-14)20-24-18(11-15-6-7-15)25-26(20)13-19(27)23-16-8-9-22-12-16/h1-5,15-17,22H,6-13,21H2,(H,23,27). The number of carbonyl (C=O) groups is 1.